The highest BCUT2D eigenvalue weighted by Crippen LogP contribution is 2.15. The van der Waals surface area contributed by atoms with E-state index in [0.29, 0.717) is 10.8 Å². The molecule has 0 radical (unpaired) electrons. The molecule has 4 heteroatoms. The first-order chi connectivity index (χ1) is 4.84. The molecule has 0 spiro atoms. The standard InChI is InChI=1S/C6H8ClN3/c1-8-10-6-5(7)3-2-4-9-6/h2-4,8H,1H3,(H,9,10). The van der Waals surface area contributed by atoms with Crippen molar-refractivity contribution in [1.29, 1.82) is 0 Å². The van der Waals surface area contributed by atoms with Crippen LogP contribution in [0.2, 0.25) is 5.02 Å². The highest BCUT2D eigenvalue weighted by atomic mass is 35.5. The molecule has 0 atom stereocenters. The number of hydrogen-bond acceptors (Lipinski definition) is 3. The van der Waals surface area contributed by atoms with Crippen LogP contribution in [0.5, 0.6) is 0 Å². The molecule has 0 saturated carbocycles. The summed E-state index contributed by atoms with van der Waals surface area (Å²) in [7, 11) is 1.75. The maximum absolute atomic E-state index is 5.74. The number of pyridine rings is 1. The molecule has 0 bridgehead atoms. The molecule has 1 heterocycles. The number of rotatable bonds is 2. The highest BCUT2D eigenvalue weighted by Gasteiger charge is 1.95. The van der Waals surface area contributed by atoms with Gasteiger partial charge in [0.05, 0.1) is 5.02 Å². The molecule has 2 N–H and O–H groups in total. The van der Waals surface area contributed by atoms with Crippen LogP contribution in [0.1, 0.15) is 0 Å². The molecule has 54 valence electrons. The second kappa shape index (κ2) is 3.39. The van der Waals surface area contributed by atoms with E-state index in [2.05, 4.69) is 15.8 Å². The topological polar surface area (TPSA) is 37.0 Å². The van der Waals surface area contributed by atoms with Gasteiger partial charge >= 0.3 is 0 Å². The van der Waals surface area contributed by atoms with Crippen molar-refractivity contribution in [1.82, 2.24) is 10.4 Å². The van der Waals surface area contributed by atoms with Crippen molar-refractivity contribution in [2.75, 3.05) is 12.5 Å². The Morgan fingerprint density at radius 1 is 1.60 bits per heavy atom. The predicted octanol–water partition coefficient (Wildman–Crippen LogP) is 1.28. The SMILES string of the molecule is CNNc1ncccc1Cl. The van der Waals surface area contributed by atoms with E-state index in [0.717, 1.165) is 0 Å². The second-order valence-electron chi connectivity index (χ2n) is 1.71. The lowest BCUT2D eigenvalue weighted by molar-refractivity contribution is 0.965. The summed E-state index contributed by atoms with van der Waals surface area (Å²) in [4.78, 5) is 3.96. The fourth-order valence-electron chi connectivity index (χ4n) is 0.596. The van der Waals surface area contributed by atoms with Crippen LogP contribution in [0.4, 0.5) is 5.82 Å². The summed E-state index contributed by atoms with van der Waals surface area (Å²) in [5.74, 6) is 0.645. The average molecular weight is 158 g/mol. The Bertz CT molecular complexity index is 214. The van der Waals surface area contributed by atoms with Gasteiger partial charge in [0.2, 0.25) is 0 Å². The van der Waals surface area contributed by atoms with Crippen LogP contribution < -0.4 is 10.9 Å². The monoisotopic (exact) mass is 157 g/mol. The normalized spacial score (nSPS) is 9.40. The Labute approximate surface area is 64.4 Å². The number of halogens is 1. The van der Waals surface area contributed by atoms with E-state index >= 15 is 0 Å². The van der Waals surface area contributed by atoms with Crippen molar-refractivity contribution < 1.29 is 0 Å². The van der Waals surface area contributed by atoms with Crippen molar-refractivity contribution >= 4 is 17.4 Å². The van der Waals surface area contributed by atoms with Crippen molar-refractivity contribution in [3.05, 3.63) is 23.4 Å². The second-order valence-corrected chi connectivity index (χ2v) is 2.12. The number of nitrogens with zero attached hydrogens (tertiary/aromatic N) is 1. The summed E-state index contributed by atoms with van der Waals surface area (Å²) in [5.41, 5.74) is 5.51. The minimum atomic E-state index is 0.608. The Morgan fingerprint density at radius 3 is 3.00 bits per heavy atom. The lowest BCUT2D eigenvalue weighted by Crippen LogP contribution is -2.16. The van der Waals surface area contributed by atoms with E-state index in [1.807, 2.05) is 0 Å². The highest BCUT2D eigenvalue weighted by molar-refractivity contribution is 6.32. The molecule has 0 aliphatic heterocycles. The predicted molar refractivity (Wildman–Crippen MR) is 41.9 cm³/mol. The first-order valence-electron chi connectivity index (χ1n) is 2.88. The van der Waals surface area contributed by atoms with Gasteiger partial charge in [-0.1, -0.05) is 11.6 Å². The largest absolute Gasteiger partial charge is 0.305 e. The van der Waals surface area contributed by atoms with E-state index in [1.54, 1.807) is 25.4 Å². The molecule has 1 rings (SSSR count). The third-order valence-electron chi connectivity index (χ3n) is 1.00. The molecule has 0 fully saturated rings. The molecule has 0 aromatic carbocycles. The van der Waals surface area contributed by atoms with Crippen LogP contribution in [-0.2, 0) is 0 Å². The van der Waals surface area contributed by atoms with Crippen LogP contribution in [0, 0.1) is 0 Å². The number of hydrogen-bond donors (Lipinski definition) is 2. The molecule has 0 aliphatic carbocycles. The lowest BCUT2D eigenvalue weighted by Gasteiger charge is -2.02. The van der Waals surface area contributed by atoms with Gasteiger partial charge in [0.25, 0.3) is 0 Å². The summed E-state index contributed by atoms with van der Waals surface area (Å²) in [6, 6.07) is 3.55. The smallest absolute Gasteiger partial charge is 0.158 e. The number of nitrogens with one attached hydrogen (secondary N) is 2. The zero-order chi connectivity index (χ0) is 7.40. The first kappa shape index (κ1) is 7.31. The summed E-state index contributed by atoms with van der Waals surface area (Å²) in [6.07, 6.45) is 1.67. The minimum Gasteiger partial charge on any atom is -0.305 e. The molecule has 0 aliphatic rings. The lowest BCUT2D eigenvalue weighted by atomic mass is 10.5. The van der Waals surface area contributed by atoms with Gasteiger partial charge in [-0.2, -0.15) is 0 Å². The van der Waals surface area contributed by atoms with Gasteiger partial charge in [0, 0.05) is 13.2 Å². The maximum atomic E-state index is 5.74. The average Bonchev–Trinajstić information content (AvgIpc) is 1.94. The Hall–Kier alpha value is -0.800. The van der Waals surface area contributed by atoms with Crippen molar-refractivity contribution in [3.8, 4) is 0 Å². The van der Waals surface area contributed by atoms with Crippen LogP contribution in [0.3, 0.4) is 0 Å². The van der Waals surface area contributed by atoms with Gasteiger partial charge in [0.1, 0.15) is 0 Å². The fourth-order valence-corrected chi connectivity index (χ4v) is 0.765. The van der Waals surface area contributed by atoms with Crippen molar-refractivity contribution in [3.63, 3.8) is 0 Å². The van der Waals surface area contributed by atoms with E-state index in [4.69, 9.17) is 11.6 Å². The summed E-state index contributed by atoms with van der Waals surface area (Å²) < 4.78 is 0. The van der Waals surface area contributed by atoms with Gasteiger partial charge in [-0.25, -0.2) is 10.4 Å². The Morgan fingerprint density at radius 2 is 2.40 bits per heavy atom. The van der Waals surface area contributed by atoms with Gasteiger partial charge < -0.3 is 5.43 Å². The van der Waals surface area contributed by atoms with Gasteiger partial charge in [-0.05, 0) is 12.1 Å². The minimum absolute atomic E-state index is 0.608. The summed E-state index contributed by atoms with van der Waals surface area (Å²) >= 11 is 5.74. The fraction of sp³-hybridized carbons (Fsp3) is 0.167. The molecule has 1 aromatic heterocycles. The van der Waals surface area contributed by atoms with Crippen LogP contribution in [0.25, 0.3) is 0 Å². The molecule has 0 unspecified atom stereocenters. The van der Waals surface area contributed by atoms with Crippen LogP contribution in [-0.4, -0.2) is 12.0 Å². The molecule has 0 amide bonds. The van der Waals surface area contributed by atoms with E-state index < -0.39 is 0 Å². The molecule has 1 aromatic rings. The van der Waals surface area contributed by atoms with Gasteiger partial charge in [-0.3, -0.25) is 0 Å². The molecular formula is C6H8ClN3. The molecule has 3 nitrogen and oxygen atoms in total. The Kier molecular flexibility index (Phi) is 2.48. The van der Waals surface area contributed by atoms with Gasteiger partial charge in [-0.15, -0.1) is 0 Å². The first-order valence-corrected chi connectivity index (χ1v) is 3.25. The number of anilines is 1. The third-order valence-corrected chi connectivity index (χ3v) is 1.31. The van der Waals surface area contributed by atoms with Crippen LogP contribution in [0.15, 0.2) is 18.3 Å². The van der Waals surface area contributed by atoms with Gasteiger partial charge in [0.15, 0.2) is 5.82 Å². The third kappa shape index (κ3) is 1.59. The molecule has 0 saturated heterocycles. The number of hydrazine groups is 1. The zero-order valence-corrected chi connectivity index (χ0v) is 6.31. The maximum Gasteiger partial charge on any atom is 0.158 e. The summed E-state index contributed by atoms with van der Waals surface area (Å²) in [5, 5.41) is 0.608. The zero-order valence-electron chi connectivity index (χ0n) is 5.56. The molecular weight excluding hydrogens is 150 g/mol. The summed E-state index contributed by atoms with van der Waals surface area (Å²) in [6.45, 7) is 0. The van der Waals surface area contributed by atoms with Crippen molar-refractivity contribution in [2.24, 2.45) is 0 Å². The van der Waals surface area contributed by atoms with Crippen LogP contribution >= 0.6 is 11.6 Å². The quantitative estimate of drug-likeness (QED) is 0.636. The van der Waals surface area contributed by atoms with E-state index in [1.165, 1.54) is 0 Å². The van der Waals surface area contributed by atoms with Crippen molar-refractivity contribution in [2.45, 2.75) is 0 Å². The molecule has 10 heavy (non-hydrogen) atoms. The Balaban J connectivity index is 2.81. The van der Waals surface area contributed by atoms with E-state index in [9.17, 15) is 0 Å². The number of aromatic nitrogens is 1. The van der Waals surface area contributed by atoms with E-state index in [-0.39, 0.29) is 0 Å².